The van der Waals surface area contributed by atoms with E-state index in [1.54, 1.807) is 11.3 Å². The third-order valence-corrected chi connectivity index (χ3v) is 5.44. The Balaban J connectivity index is 1.97. The first-order valence-corrected chi connectivity index (χ1v) is 8.32. The van der Waals surface area contributed by atoms with Crippen LogP contribution in [0.2, 0.25) is 0 Å². The van der Waals surface area contributed by atoms with E-state index in [4.69, 9.17) is 5.73 Å². The van der Waals surface area contributed by atoms with Gasteiger partial charge in [-0.25, -0.2) is 4.98 Å². The predicted molar refractivity (Wildman–Crippen MR) is 83.3 cm³/mol. The van der Waals surface area contributed by atoms with Gasteiger partial charge in [-0.05, 0) is 44.2 Å². The lowest BCUT2D eigenvalue weighted by molar-refractivity contribution is 0.968. The van der Waals surface area contributed by atoms with Crippen LogP contribution in [-0.4, -0.2) is 11.5 Å². The lowest BCUT2D eigenvalue weighted by Gasteiger charge is -1.98. The number of benzene rings is 1. The maximum Gasteiger partial charge on any atom is 0.103 e. The van der Waals surface area contributed by atoms with Crippen molar-refractivity contribution >= 4 is 39.0 Å². The third-order valence-electron chi connectivity index (χ3n) is 2.48. The fraction of sp³-hybridized carbons (Fsp3) is 0.308. The van der Waals surface area contributed by atoms with Crippen LogP contribution in [0.5, 0.6) is 0 Å². The Morgan fingerprint density at radius 3 is 2.72 bits per heavy atom. The molecule has 5 heteroatoms. The van der Waals surface area contributed by atoms with Crippen LogP contribution in [-0.2, 0) is 12.2 Å². The van der Waals surface area contributed by atoms with Gasteiger partial charge in [0.15, 0.2) is 0 Å². The molecule has 0 atom stereocenters. The molecule has 1 aromatic heterocycles. The molecule has 0 bridgehead atoms. The zero-order chi connectivity index (χ0) is 13.0. The van der Waals surface area contributed by atoms with Gasteiger partial charge in [-0.2, -0.15) is 0 Å². The van der Waals surface area contributed by atoms with E-state index in [-0.39, 0.29) is 0 Å². The highest BCUT2D eigenvalue weighted by atomic mass is 79.9. The maximum atomic E-state index is 5.59. The molecule has 0 fully saturated rings. The Hall–Kier alpha value is -0.360. The van der Waals surface area contributed by atoms with Crippen molar-refractivity contribution in [3.05, 3.63) is 44.3 Å². The Kier molecular flexibility index (Phi) is 5.24. The second-order valence-corrected chi connectivity index (χ2v) is 7.03. The quantitative estimate of drug-likeness (QED) is 0.834. The SMILES string of the molecule is Cc1nc(CSc2ccc(Br)cc2)sc1CCN. The molecule has 18 heavy (non-hydrogen) atoms. The highest BCUT2D eigenvalue weighted by Crippen LogP contribution is 2.27. The minimum absolute atomic E-state index is 0.697. The van der Waals surface area contributed by atoms with Crippen LogP contribution in [0, 0.1) is 6.92 Å². The molecule has 0 aliphatic carbocycles. The van der Waals surface area contributed by atoms with Crippen molar-refractivity contribution in [2.75, 3.05) is 6.54 Å². The van der Waals surface area contributed by atoms with E-state index in [1.807, 2.05) is 11.8 Å². The molecule has 1 heterocycles. The number of thiazole rings is 1. The standard InChI is InChI=1S/C13H15BrN2S2/c1-9-12(6-7-15)18-13(16-9)8-17-11-4-2-10(14)3-5-11/h2-5H,6-8,15H2,1H3. The van der Waals surface area contributed by atoms with Crippen LogP contribution in [0.15, 0.2) is 33.6 Å². The van der Waals surface area contributed by atoms with Crippen molar-refractivity contribution in [1.82, 2.24) is 4.98 Å². The Labute approximate surface area is 124 Å². The summed E-state index contributed by atoms with van der Waals surface area (Å²) in [6.45, 7) is 2.76. The van der Waals surface area contributed by atoms with E-state index in [0.717, 1.165) is 22.3 Å². The van der Waals surface area contributed by atoms with Gasteiger partial charge in [-0.1, -0.05) is 15.9 Å². The van der Waals surface area contributed by atoms with Gasteiger partial charge in [0.25, 0.3) is 0 Å². The summed E-state index contributed by atoms with van der Waals surface area (Å²) in [7, 11) is 0. The summed E-state index contributed by atoms with van der Waals surface area (Å²) in [6.07, 6.45) is 0.937. The Morgan fingerprint density at radius 2 is 2.06 bits per heavy atom. The first-order chi connectivity index (χ1) is 8.69. The van der Waals surface area contributed by atoms with Gasteiger partial charge in [-0.15, -0.1) is 23.1 Å². The van der Waals surface area contributed by atoms with E-state index in [1.165, 1.54) is 14.8 Å². The monoisotopic (exact) mass is 342 g/mol. The van der Waals surface area contributed by atoms with E-state index in [9.17, 15) is 0 Å². The van der Waals surface area contributed by atoms with Crippen molar-refractivity contribution in [1.29, 1.82) is 0 Å². The molecule has 0 saturated carbocycles. The molecule has 0 spiro atoms. The number of aromatic nitrogens is 1. The van der Waals surface area contributed by atoms with Gasteiger partial charge >= 0.3 is 0 Å². The molecular weight excluding hydrogens is 328 g/mol. The van der Waals surface area contributed by atoms with Crippen molar-refractivity contribution in [3.63, 3.8) is 0 Å². The predicted octanol–water partition coefficient (Wildman–Crippen LogP) is 4.01. The molecule has 0 aliphatic heterocycles. The zero-order valence-corrected chi connectivity index (χ0v) is 13.4. The van der Waals surface area contributed by atoms with Crippen LogP contribution in [0.1, 0.15) is 15.6 Å². The summed E-state index contributed by atoms with van der Waals surface area (Å²) >= 11 is 7.04. The molecule has 2 rings (SSSR count). The fourth-order valence-electron chi connectivity index (χ4n) is 1.59. The van der Waals surface area contributed by atoms with E-state index in [0.29, 0.717) is 6.54 Å². The number of nitrogens with two attached hydrogens (primary N) is 1. The minimum atomic E-state index is 0.697. The Morgan fingerprint density at radius 1 is 1.33 bits per heavy atom. The van der Waals surface area contributed by atoms with Crippen LogP contribution in [0.3, 0.4) is 0 Å². The van der Waals surface area contributed by atoms with Crippen molar-refractivity contribution in [2.24, 2.45) is 5.73 Å². The summed E-state index contributed by atoms with van der Waals surface area (Å²) in [5.74, 6) is 0.928. The molecule has 0 amide bonds. The topological polar surface area (TPSA) is 38.9 Å². The fourth-order valence-corrected chi connectivity index (χ4v) is 3.83. The van der Waals surface area contributed by atoms with Crippen molar-refractivity contribution in [2.45, 2.75) is 24.0 Å². The van der Waals surface area contributed by atoms with Gasteiger partial charge < -0.3 is 5.73 Å². The molecular formula is C13H15BrN2S2. The van der Waals surface area contributed by atoms with Crippen molar-refractivity contribution in [3.8, 4) is 0 Å². The molecule has 0 aliphatic rings. The van der Waals surface area contributed by atoms with Crippen LogP contribution in [0.4, 0.5) is 0 Å². The summed E-state index contributed by atoms with van der Waals surface area (Å²) in [6, 6.07) is 8.37. The second kappa shape index (κ2) is 6.70. The summed E-state index contributed by atoms with van der Waals surface area (Å²) in [5.41, 5.74) is 6.72. The van der Waals surface area contributed by atoms with Crippen molar-refractivity contribution < 1.29 is 0 Å². The first-order valence-electron chi connectivity index (χ1n) is 5.72. The van der Waals surface area contributed by atoms with Gasteiger partial charge in [0.2, 0.25) is 0 Å². The van der Waals surface area contributed by atoms with E-state index >= 15 is 0 Å². The van der Waals surface area contributed by atoms with Gasteiger partial charge in [0, 0.05) is 14.2 Å². The maximum absolute atomic E-state index is 5.59. The first kappa shape index (κ1) is 14.1. The van der Waals surface area contributed by atoms with E-state index in [2.05, 4.69) is 52.1 Å². The largest absolute Gasteiger partial charge is 0.330 e. The van der Waals surface area contributed by atoms with Gasteiger partial charge in [-0.3, -0.25) is 0 Å². The molecule has 1 aromatic carbocycles. The molecule has 2 N–H and O–H groups in total. The molecule has 0 saturated heterocycles. The smallest absolute Gasteiger partial charge is 0.103 e. The summed E-state index contributed by atoms with van der Waals surface area (Å²) < 4.78 is 1.11. The minimum Gasteiger partial charge on any atom is -0.330 e. The lowest BCUT2D eigenvalue weighted by Crippen LogP contribution is -2.01. The molecule has 0 unspecified atom stereocenters. The number of hydrogen-bond acceptors (Lipinski definition) is 4. The molecule has 0 radical (unpaired) electrons. The second-order valence-electron chi connectivity index (χ2n) is 3.90. The summed E-state index contributed by atoms with van der Waals surface area (Å²) in [5, 5.41) is 1.18. The number of aryl methyl sites for hydroxylation is 1. The average Bonchev–Trinajstić information content (AvgIpc) is 2.70. The van der Waals surface area contributed by atoms with E-state index < -0.39 is 0 Å². The van der Waals surface area contributed by atoms with Gasteiger partial charge in [0.05, 0.1) is 11.4 Å². The van der Waals surface area contributed by atoms with Crippen LogP contribution >= 0.6 is 39.0 Å². The number of halogens is 1. The van der Waals surface area contributed by atoms with Crippen LogP contribution in [0.25, 0.3) is 0 Å². The third kappa shape index (κ3) is 3.82. The normalized spacial score (nSPS) is 10.8. The van der Waals surface area contributed by atoms with Crippen LogP contribution < -0.4 is 5.73 Å². The number of rotatable bonds is 5. The average molecular weight is 343 g/mol. The number of nitrogens with zero attached hydrogens (tertiary/aromatic N) is 1. The lowest BCUT2D eigenvalue weighted by atomic mass is 10.3. The Bertz CT molecular complexity index is 508. The summed E-state index contributed by atoms with van der Waals surface area (Å²) in [4.78, 5) is 7.19. The highest BCUT2D eigenvalue weighted by molar-refractivity contribution is 9.10. The zero-order valence-electron chi connectivity index (χ0n) is 10.1. The number of thioether (sulfide) groups is 1. The van der Waals surface area contributed by atoms with Gasteiger partial charge in [0.1, 0.15) is 5.01 Å². The molecule has 2 nitrogen and oxygen atoms in total. The highest BCUT2D eigenvalue weighted by Gasteiger charge is 2.07. The number of hydrogen-bond donors (Lipinski definition) is 1. The molecule has 2 aromatic rings. The molecule has 96 valence electrons.